The second-order valence-corrected chi connectivity index (χ2v) is 6.85. The van der Waals surface area contributed by atoms with Crippen LogP contribution < -0.4 is 10.7 Å². The molecule has 0 atom stereocenters. The third kappa shape index (κ3) is 4.82. The zero-order valence-electron chi connectivity index (χ0n) is 16.0. The number of fused-ring (bicyclic) bond motifs is 1. The maximum absolute atomic E-state index is 11.9. The van der Waals surface area contributed by atoms with Gasteiger partial charge in [0, 0.05) is 12.1 Å². The first-order valence-electron chi connectivity index (χ1n) is 9.22. The molecule has 28 heavy (non-hydrogen) atoms. The van der Waals surface area contributed by atoms with Gasteiger partial charge in [0.15, 0.2) is 0 Å². The first-order chi connectivity index (χ1) is 13.5. The Balaban J connectivity index is 1.54. The van der Waals surface area contributed by atoms with Crippen molar-refractivity contribution >= 4 is 28.8 Å². The van der Waals surface area contributed by atoms with E-state index in [-0.39, 0.29) is 6.54 Å². The number of hydrogen-bond acceptors (Lipinski definition) is 3. The van der Waals surface area contributed by atoms with Gasteiger partial charge in [-0.25, -0.2) is 5.43 Å². The van der Waals surface area contributed by atoms with Crippen LogP contribution in [0.15, 0.2) is 71.8 Å². The summed E-state index contributed by atoms with van der Waals surface area (Å²) in [4.78, 5) is 23.9. The van der Waals surface area contributed by atoms with Gasteiger partial charge < -0.3 is 5.32 Å². The van der Waals surface area contributed by atoms with E-state index in [1.165, 1.54) is 11.8 Å². The number of hydrogen-bond donors (Lipinski definition) is 2. The lowest BCUT2D eigenvalue weighted by Gasteiger charge is -2.08. The fraction of sp³-hybridized carbons (Fsp3) is 0.174. The van der Waals surface area contributed by atoms with Gasteiger partial charge in [0.1, 0.15) is 0 Å². The molecule has 5 nitrogen and oxygen atoms in total. The number of carbonyl (C=O) groups is 2. The molecule has 0 spiro atoms. The smallest absolute Gasteiger partial charge is 0.329 e. The summed E-state index contributed by atoms with van der Waals surface area (Å²) in [6.07, 6.45) is 1.54. The topological polar surface area (TPSA) is 70.6 Å². The second kappa shape index (κ2) is 8.95. The van der Waals surface area contributed by atoms with Crippen LogP contribution in [0, 0.1) is 0 Å². The van der Waals surface area contributed by atoms with Crippen molar-refractivity contribution in [2.75, 3.05) is 0 Å². The molecule has 3 aromatic carbocycles. The monoisotopic (exact) mass is 373 g/mol. The molecule has 0 bridgehead atoms. The van der Waals surface area contributed by atoms with Crippen molar-refractivity contribution in [1.29, 1.82) is 0 Å². The summed E-state index contributed by atoms with van der Waals surface area (Å²) >= 11 is 0. The van der Waals surface area contributed by atoms with E-state index in [9.17, 15) is 9.59 Å². The van der Waals surface area contributed by atoms with Crippen molar-refractivity contribution in [3.63, 3.8) is 0 Å². The molecule has 0 aliphatic rings. The van der Waals surface area contributed by atoms with E-state index in [1.54, 1.807) is 0 Å². The third-order valence-corrected chi connectivity index (χ3v) is 4.50. The molecule has 0 aromatic heterocycles. The maximum Gasteiger partial charge on any atom is 0.329 e. The number of nitrogens with one attached hydrogen (secondary N) is 2. The normalized spacial score (nSPS) is 11.1. The highest BCUT2D eigenvalue weighted by atomic mass is 16.2. The van der Waals surface area contributed by atoms with Crippen LogP contribution in [0.25, 0.3) is 10.8 Å². The highest BCUT2D eigenvalue weighted by Crippen LogP contribution is 2.17. The van der Waals surface area contributed by atoms with Crippen molar-refractivity contribution < 1.29 is 9.59 Å². The van der Waals surface area contributed by atoms with Crippen molar-refractivity contribution in [2.45, 2.75) is 26.3 Å². The van der Waals surface area contributed by atoms with E-state index in [2.05, 4.69) is 29.7 Å². The molecular formula is C23H23N3O2. The van der Waals surface area contributed by atoms with Crippen molar-refractivity contribution in [2.24, 2.45) is 5.10 Å². The van der Waals surface area contributed by atoms with Crippen molar-refractivity contribution in [3.8, 4) is 0 Å². The summed E-state index contributed by atoms with van der Waals surface area (Å²) in [6, 6.07) is 21.7. The Morgan fingerprint density at radius 3 is 2.39 bits per heavy atom. The Morgan fingerprint density at radius 1 is 0.929 bits per heavy atom. The Morgan fingerprint density at radius 2 is 1.64 bits per heavy atom. The molecule has 0 aliphatic heterocycles. The van der Waals surface area contributed by atoms with E-state index in [0.29, 0.717) is 5.92 Å². The van der Waals surface area contributed by atoms with E-state index in [0.717, 1.165) is 21.9 Å². The molecule has 2 N–H and O–H groups in total. The van der Waals surface area contributed by atoms with Crippen LogP contribution in [0.2, 0.25) is 0 Å². The molecule has 3 aromatic rings. The van der Waals surface area contributed by atoms with E-state index < -0.39 is 11.8 Å². The minimum absolute atomic E-state index is 0.289. The van der Waals surface area contributed by atoms with Gasteiger partial charge in [0.05, 0.1) is 6.21 Å². The Bertz CT molecular complexity index is 1000. The van der Waals surface area contributed by atoms with E-state index >= 15 is 0 Å². The van der Waals surface area contributed by atoms with Gasteiger partial charge >= 0.3 is 11.8 Å². The van der Waals surface area contributed by atoms with Crippen LogP contribution in [0.3, 0.4) is 0 Å². The van der Waals surface area contributed by atoms with Gasteiger partial charge in [-0.05, 0) is 27.8 Å². The molecular weight excluding hydrogens is 350 g/mol. The molecule has 0 heterocycles. The summed E-state index contributed by atoms with van der Waals surface area (Å²) in [5, 5.41) is 8.62. The van der Waals surface area contributed by atoms with Gasteiger partial charge in [-0.15, -0.1) is 0 Å². The molecule has 0 radical (unpaired) electrons. The predicted octanol–water partition coefficient (Wildman–Crippen LogP) is 3.73. The van der Waals surface area contributed by atoms with Gasteiger partial charge in [-0.1, -0.05) is 80.6 Å². The highest BCUT2D eigenvalue weighted by Gasteiger charge is 2.12. The average molecular weight is 373 g/mol. The average Bonchev–Trinajstić information content (AvgIpc) is 2.72. The maximum atomic E-state index is 11.9. The van der Waals surface area contributed by atoms with E-state index in [4.69, 9.17) is 0 Å². The lowest BCUT2D eigenvalue weighted by atomic mass is 10.0. The van der Waals surface area contributed by atoms with E-state index in [1.807, 2.05) is 66.7 Å². The molecule has 2 amide bonds. The predicted molar refractivity (Wildman–Crippen MR) is 112 cm³/mol. The summed E-state index contributed by atoms with van der Waals surface area (Å²) in [7, 11) is 0. The summed E-state index contributed by atoms with van der Waals surface area (Å²) in [5.41, 5.74) is 5.31. The number of amides is 2. The Labute approximate surface area is 164 Å². The minimum Gasteiger partial charge on any atom is -0.344 e. The van der Waals surface area contributed by atoms with Gasteiger partial charge in [-0.3, -0.25) is 9.59 Å². The molecule has 0 unspecified atom stereocenters. The van der Waals surface area contributed by atoms with Gasteiger partial charge in [-0.2, -0.15) is 5.10 Å². The van der Waals surface area contributed by atoms with Crippen molar-refractivity contribution in [1.82, 2.24) is 10.7 Å². The standard InChI is InChI=1S/C23H23N3O2/c1-16(2)18-12-10-17(11-13-18)14-24-22(27)23(28)26-25-15-20-8-5-7-19-6-3-4-9-21(19)20/h3-13,15-16H,14H2,1-2H3,(H,24,27)(H,26,28)/b25-15-. The van der Waals surface area contributed by atoms with Gasteiger partial charge in [0.2, 0.25) is 0 Å². The Hall–Kier alpha value is -3.47. The number of benzene rings is 3. The van der Waals surface area contributed by atoms with Crippen LogP contribution in [0.1, 0.15) is 36.5 Å². The zero-order chi connectivity index (χ0) is 19.9. The molecule has 0 fully saturated rings. The second-order valence-electron chi connectivity index (χ2n) is 6.85. The Kier molecular flexibility index (Phi) is 6.17. The van der Waals surface area contributed by atoms with Crippen LogP contribution in [-0.2, 0) is 16.1 Å². The molecule has 3 rings (SSSR count). The largest absolute Gasteiger partial charge is 0.344 e. The highest BCUT2D eigenvalue weighted by molar-refractivity contribution is 6.35. The third-order valence-electron chi connectivity index (χ3n) is 4.50. The summed E-state index contributed by atoms with van der Waals surface area (Å²) < 4.78 is 0. The SMILES string of the molecule is CC(C)c1ccc(CNC(=O)C(=O)N/N=C\c2cccc3ccccc23)cc1. The van der Waals surface area contributed by atoms with Crippen LogP contribution in [0.4, 0.5) is 0 Å². The summed E-state index contributed by atoms with van der Waals surface area (Å²) in [5.74, 6) is -1.06. The fourth-order valence-corrected chi connectivity index (χ4v) is 2.86. The molecule has 0 aliphatic carbocycles. The molecule has 142 valence electrons. The minimum atomic E-state index is -0.796. The van der Waals surface area contributed by atoms with Crippen LogP contribution >= 0.6 is 0 Å². The van der Waals surface area contributed by atoms with Crippen LogP contribution in [-0.4, -0.2) is 18.0 Å². The molecule has 0 saturated carbocycles. The fourth-order valence-electron chi connectivity index (χ4n) is 2.86. The van der Waals surface area contributed by atoms with Crippen LogP contribution in [0.5, 0.6) is 0 Å². The lowest BCUT2D eigenvalue weighted by molar-refractivity contribution is -0.139. The number of nitrogens with zero attached hydrogens (tertiary/aromatic N) is 1. The number of hydrazone groups is 1. The first kappa shape index (κ1) is 19.3. The zero-order valence-corrected chi connectivity index (χ0v) is 16.0. The first-order valence-corrected chi connectivity index (χ1v) is 9.22. The quantitative estimate of drug-likeness (QED) is 0.406. The van der Waals surface area contributed by atoms with Gasteiger partial charge in [0.25, 0.3) is 0 Å². The molecule has 5 heteroatoms. The number of rotatable bonds is 5. The summed E-state index contributed by atoms with van der Waals surface area (Å²) in [6.45, 7) is 4.54. The lowest BCUT2D eigenvalue weighted by Crippen LogP contribution is -2.37. The molecule has 0 saturated heterocycles. The van der Waals surface area contributed by atoms with Crippen molar-refractivity contribution in [3.05, 3.63) is 83.4 Å². The number of carbonyl (C=O) groups excluding carboxylic acids is 2.